The van der Waals surface area contributed by atoms with Crippen LogP contribution in [0.5, 0.6) is 0 Å². The molecule has 29 heavy (non-hydrogen) atoms. The molecule has 1 heterocycles. The first-order valence-corrected chi connectivity index (χ1v) is 10.2. The number of hydrogen-bond donors (Lipinski definition) is 1. The molecule has 6 rings (SSSR count). The summed E-state index contributed by atoms with van der Waals surface area (Å²) >= 11 is 0. The van der Waals surface area contributed by atoms with Crippen LogP contribution in [0.25, 0.3) is 0 Å². The topological polar surface area (TPSA) is 90.1 Å². The largest absolute Gasteiger partial charge is 0.346 e. The van der Waals surface area contributed by atoms with Crippen LogP contribution in [0.4, 0.5) is 10.1 Å². The second-order valence-electron chi connectivity index (χ2n) is 9.02. The van der Waals surface area contributed by atoms with Gasteiger partial charge in [0.1, 0.15) is 12.0 Å². The minimum atomic E-state index is -0.579. The van der Waals surface area contributed by atoms with Gasteiger partial charge in [-0.3, -0.25) is 19.6 Å². The quantitative estimate of drug-likeness (QED) is 0.613. The van der Waals surface area contributed by atoms with Crippen LogP contribution in [0.3, 0.4) is 0 Å². The van der Waals surface area contributed by atoms with Crippen LogP contribution >= 0.6 is 0 Å². The summed E-state index contributed by atoms with van der Waals surface area (Å²) in [5.74, 6) is 1.07. The first-order chi connectivity index (χ1) is 13.9. The van der Waals surface area contributed by atoms with Gasteiger partial charge in [0.15, 0.2) is 0 Å². The maximum Gasteiger partial charge on any atom is 0.320 e. The van der Waals surface area contributed by atoms with Gasteiger partial charge in [0.25, 0.3) is 5.91 Å². The molecule has 0 unspecified atom stereocenters. The molecule has 0 saturated heterocycles. The summed E-state index contributed by atoms with van der Waals surface area (Å²) < 4.78 is 14.8. The predicted octanol–water partition coefficient (Wildman–Crippen LogP) is 3.79. The van der Waals surface area contributed by atoms with Gasteiger partial charge in [0.2, 0.25) is 5.69 Å². The van der Waals surface area contributed by atoms with E-state index >= 15 is 0 Å². The summed E-state index contributed by atoms with van der Waals surface area (Å²) in [4.78, 5) is 23.8. The standard InChI is InChI=1S/C21H23FN4O3/c22-17-3-1-13(2-4-17)11-23-20(27)19-18(26(28)29)12-25(24-19)21-8-14-5-15(9-21)7-16(6-14)10-21/h1-4,12,14-16H,5-11H2,(H,23,27). The van der Waals surface area contributed by atoms with Gasteiger partial charge < -0.3 is 5.32 Å². The molecule has 8 heteroatoms. The average molecular weight is 398 g/mol. The van der Waals surface area contributed by atoms with Crippen molar-refractivity contribution >= 4 is 11.6 Å². The predicted molar refractivity (Wildman–Crippen MR) is 103 cm³/mol. The van der Waals surface area contributed by atoms with Crippen LogP contribution in [-0.4, -0.2) is 20.6 Å². The molecule has 4 saturated carbocycles. The molecule has 7 nitrogen and oxygen atoms in total. The maximum absolute atomic E-state index is 13.0. The third kappa shape index (κ3) is 3.20. The zero-order valence-electron chi connectivity index (χ0n) is 16.0. The fourth-order valence-electron chi connectivity index (χ4n) is 6.12. The van der Waals surface area contributed by atoms with Crippen molar-refractivity contribution in [2.75, 3.05) is 0 Å². The number of hydrogen-bond acceptors (Lipinski definition) is 4. The summed E-state index contributed by atoms with van der Waals surface area (Å²) in [5, 5.41) is 18.7. The summed E-state index contributed by atoms with van der Waals surface area (Å²) in [6, 6.07) is 5.76. The van der Waals surface area contributed by atoms with E-state index in [0.29, 0.717) is 23.3 Å². The van der Waals surface area contributed by atoms with E-state index in [2.05, 4.69) is 10.4 Å². The van der Waals surface area contributed by atoms with Crippen LogP contribution in [0.2, 0.25) is 0 Å². The normalized spacial score (nSPS) is 29.8. The smallest absolute Gasteiger partial charge is 0.320 e. The lowest BCUT2D eigenvalue weighted by Crippen LogP contribution is -2.52. The molecule has 152 valence electrons. The molecule has 4 bridgehead atoms. The number of carbonyl (C=O) groups excluding carboxylic acids is 1. The van der Waals surface area contributed by atoms with Gasteiger partial charge in [-0.2, -0.15) is 5.10 Å². The van der Waals surface area contributed by atoms with Crippen molar-refractivity contribution in [3.05, 3.63) is 57.7 Å². The first kappa shape index (κ1) is 18.3. The van der Waals surface area contributed by atoms with Crippen molar-refractivity contribution in [2.24, 2.45) is 17.8 Å². The lowest BCUT2D eigenvalue weighted by atomic mass is 9.53. The third-order valence-corrected chi connectivity index (χ3v) is 6.96. The summed E-state index contributed by atoms with van der Waals surface area (Å²) in [6.45, 7) is 0.153. The molecule has 1 N–H and O–H groups in total. The Labute approximate surface area is 167 Å². The molecule has 0 aliphatic heterocycles. The van der Waals surface area contributed by atoms with Crippen LogP contribution in [0, 0.1) is 33.7 Å². The van der Waals surface area contributed by atoms with E-state index in [-0.39, 0.29) is 29.3 Å². The molecule has 1 aromatic heterocycles. The number of nitrogens with one attached hydrogen (secondary N) is 1. The number of nitro groups is 1. The molecule has 4 aliphatic carbocycles. The summed E-state index contributed by atoms with van der Waals surface area (Å²) in [5.41, 5.74) is 0.128. The van der Waals surface area contributed by atoms with Crippen molar-refractivity contribution in [1.29, 1.82) is 0 Å². The fourth-order valence-corrected chi connectivity index (χ4v) is 6.12. The van der Waals surface area contributed by atoms with Crippen molar-refractivity contribution in [2.45, 2.75) is 50.6 Å². The highest BCUT2D eigenvalue weighted by Gasteiger charge is 2.53. The molecule has 4 aliphatic rings. The molecular weight excluding hydrogens is 375 g/mol. The van der Waals surface area contributed by atoms with Crippen molar-refractivity contribution in [3.63, 3.8) is 0 Å². The number of rotatable bonds is 5. The van der Waals surface area contributed by atoms with E-state index in [0.717, 1.165) is 19.3 Å². The van der Waals surface area contributed by atoms with Gasteiger partial charge >= 0.3 is 5.69 Å². The Hall–Kier alpha value is -2.77. The Morgan fingerprint density at radius 1 is 1.17 bits per heavy atom. The van der Waals surface area contributed by atoms with E-state index in [1.165, 1.54) is 37.6 Å². The molecule has 0 atom stereocenters. The molecular formula is C21H23FN4O3. The van der Waals surface area contributed by atoms with E-state index < -0.39 is 10.8 Å². The number of nitrogens with zero attached hydrogens (tertiary/aromatic N) is 3. The first-order valence-electron chi connectivity index (χ1n) is 10.2. The molecule has 1 amide bonds. The van der Waals surface area contributed by atoms with Crippen molar-refractivity contribution in [3.8, 4) is 0 Å². The molecule has 1 aromatic carbocycles. The molecule has 2 aromatic rings. The van der Waals surface area contributed by atoms with E-state index in [1.54, 1.807) is 16.8 Å². The van der Waals surface area contributed by atoms with Gasteiger partial charge in [0.05, 0.1) is 10.5 Å². The Bertz CT molecular complexity index is 934. The van der Waals surface area contributed by atoms with Crippen LogP contribution in [-0.2, 0) is 12.1 Å². The SMILES string of the molecule is O=C(NCc1ccc(F)cc1)c1nn(C23CC4CC(CC(C4)C2)C3)cc1[N+](=O)[O-]. The second-order valence-corrected chi connectivity index (χ2v) is 9.02. The minimum Gasteiger partial charge on any atom is -0.346 e. The lowest BCUT2D eigenvalue weighted by molar-refractivity contribution is -0.385. The van der Waals surface area contributed by atoms with Crippen LogP contribution in [0.15, 0.2) is 30.5 Å². The summed E-state index contributed by atoms with van der Waals surface area (Å²) in [7, 11) is 0. The Morgan fingerprint density at radius 3 is 2.31 bits per heavy atom. The van der Waals surface area contributed by atoms with Gasteiger partial charge in [-0.15, -0.1) is 0 Å². The zero-order chi connectivity index (χ0) is 20.2. The Kier molecular flexibility index (Phi) is 4.18. The van der Waals surface area contributed by atoms with E-state index in [4.69, 9.17) is 0 Å². The van der Waals surface area contributed by atoms with E-state index in [1.807, 2.05) is 0 Å². The highest BCUT2D eigenvalue weighted by molar-refractivity contribution is 5.96. The molecule has 0 spiro atoms. The lowest BCUT2D eigenvalue weighted by Gasteiger charge is -2.56. The number of benzene rings is 1. The summed E-state index contributed by atoms with van der Waals surface area (Å²) in [6.07, 6.45) is 8.21. The van der Waals surface area contributed by atoms with Crippen LogP contribution < -0.4 is 5.32 Å². The number of aromatic nitrogens is 2. The van der Waals surface area contributed by atoms with Crippen LogP contribution in [0.1, 0.15) is 54.6 Å². The van der Waals surface area contributed by atoms with Crippen molar-refractivity contribution < 1.29 is 14.1 Å². The van der Waals surface area contributed by atoms with Gasteiger partial charge in [0, 0.05) is 6.54 Å². The second kappa shape index (κ2) is 6.64. The number of amides is 1. The zero-order valence-corrected chi connectivity index (χ0v) is 16.0. The van der Waals surface area contributed by atoms with Gasteiger partial charge in [-0.05, 0) is 74.0 Å². The highest BCUT2D eigenvalue weighted by atomic mass is 19.1. The monoisotopic (exact) mass is 398 g/mol. The Morgan fingerprint density at radius 2 is 1.76 bits per heavy atom. The molecule has 4 fully saturated rings. The van der Waals surface area contributed by atoms with Gasteiger partial charge in [-0.1, -0.05) is 12.1 Å². The number of carbonyl (C=O) groups is 1. The molecule has 0 radical (unpaired) electrons. The number of halogens is 1. The average Bonchev–Trinajstić information content (AvgIpc) is 3.13. The van der Waals surface area contributed by atoms with Gasteiger partial charge in [-0.25, -0.2) is 4.39 Å². The minimum absolute atomic E-state index is 0.146. The highest BCUT2D eigenvalue weighted by Crippen LogP contribution is 2.58. The van der Waals surface area contributed by atoms with E-state index in [9.17, 15) is 19.3 Å². The maximum atomic E-state index is 13.0. The third-order valence-electron chi connectivity index (χ3n) is 6.96. The van der Waals surface area contributed by atoms with Crippen molar-refractivity contribution in [1.82, 2.24) is 15.1 Å². The Balaban J connectivity index is 1.40. The fraction of sp³-hybridized carbons (Fsp3) is 0.524.